The van der Waals surface area contributed by atoms with Crippen molar-refractivity contribution in [3.8, 4) is 0 Å². The Morgan fingerprint density at radius 1 is 1.14 bits per heavy atom. The van der Waals surface area contributed by atoms with Crippen molar-refractivity contribution in [3.63, 3.8) is 0 Å². The molecule has 0 spiro atoms. The molecule has 0 aliphatic carbocycles. The van der Waals surface area contributed by atoms with Crippen LogP contribution in [0.2, 0.25) is 0 Å². The van der Waals surface area contributed by atoms with Crippen LogP contribution in [-0.4, -0.2) is 38.7 Å². The van der Waals surface area contributed by atoms with Gasteiger partial charge in [0.25, 0.3) is 0 Å². The van der Waals surface area contributed by atoms with Crippen LogP contribution in [0.4, 0.5) is 0 Å². The molecule has 0 bridgehead atoms. The van der Waals surface area contributed by atoms with E-state index >= 15 is 0 Å². The van der Waals surface area contributed by atoms with E-state index in [0.717, 1.165) is 44.9 Å². The first-order valence-corrected chi connectivity index (χ1v) is 10.5. The van der Waals surface area contributed by atoms with Gasteiger partial charge in [-0.1, -0.05) is 12.1 Å². The van der Waals surface area contributed by atoms with Crippen LogP contribution in [0.1, 0.15) is 41.1 Å². The van der Waals surface area contributed by atoms with Gasteiger partial charge in [0.1, 0.15) is 0 Å². The molecule has 5 nitrogen and oxygen atoms in total. The number of pyridine rings is 2. The van der Waals surface area contributed by atoms with Crippen LogP contribution in [-0.2, 0) is 24.4 Å². The second-order valence-corrected chi connectivity index (χ2v) is 7.97. The van der Waals surface area contributed by atoms with E-state index in [2.05, 4.69) is 57.5 Å². The van der Waals surface area contributed by atoms with E-state index in [1.54, 1.807) is 0 Å². The summed E-state index contributed by atoms with van der Waals surface area (Å²) in [7, 11) is 0. The average molecular weight is 391 g/mol. The van der Waals surface area contributed by atoms with Crippen molar-refractivity contribution in [2.24, 2.45) is 0 Å². The van der Waals surface area contributed by atoms with Gasteiger partial charge in [0.15, 0.2) is 0 Å². The minimum Gasteiger partial charge on any atom is -0.377 e. The largest absolute Gasteiger partial charge is 0.377 e. The Balaban J connectivity index is 1.52. The number of aromatic nitrogens is 3. The summed E-state index contributed by atoms with van der Waals surface area (Å²) < 4.78 is 8.31. The molecule has 152 valence electrons. The molecule has 3 aromatic heterocycles. The molecule has 5 heteroatoms. The van der Waals surface area contributed by atoms with Crippen molar-refractivity contribution < 1.29 is 4.74 Å². The second kappa shape index (κ2) is 9.33. The number of nitrogens with zero attached hydrogens (tertiary/aromatic N) is 4. The van der Waals surface area contributed by atoms with E-state index in [0.29, 0.717) is 6.10 Å². The molecule has 0 radical (unpaired) electrons. The second-order valence-electron chi connectivity index (χ2n) is 7.97. The maximum absolute atomic E-state index is 5.92. The lowest BCUT2D eigenvalue weighted by atomic mass is 10.1. The van der Waals surface area contributed by atoms with Gasteiger partial charge < -0.3 is 9.30 Å². The highest BCUT2D eigenvalue weighted by Crippen LogP contribution is 2.21. The van der Waals surface area contributed by atoms with Gasteiger partial charge in [-0.05, 0) is 62.1 Å². The molecule has 1 fully saturated rings. The Morgan fingerprint density at radius 3 is 2.79 bits per heavy atom. The zero-order valence-electron chi connectivity index (χ0n) is 17.4. The van der Waals surface area contributed by atoms with Gasteiger partial charge in [0.05, 0.1) is 11.8 Å². The van der Waals surface area contributed by atoms with E-state index in [9.17, 15) is 0 Å². The number of rotatable bonds is 8. The van der Waals surface area contributed by atoms with Crippen LogP contribution in [0, 0.1) is 13.8 Å². The van der Waals surface area contributed by atoms with Gasteiger partial charge in [0, 0.05) is 62.8 Å². The van der Waals surface area contributed by atoms with Crippen molar-refractivity contribution in [1.29, 1.82) is 0 Å². The highest BCUT2D eigenvalue weighted by Gasteiger charge is 2.21. The van der Waals surface area contributed by atoms with Crippen molar-refractivity contribution >= 4 is 0 Å². The quantitative estimate of drug-likeness (QED) is 0.580. The summed E-state index contributed by atoms with van der Waals surface area (Å²) in [5, 5.41) is 0. The molecular formula is C24H30N4O. The number of hydrogen-bond donors (Lipinski definition) is 0. The normalized spacial score (nSPS) is 16.6. The monoisotopic (exact) mass is 390 g/mol. The first kappa shape index (κ1) is 19.8. The summed E-state index contributed by atoms with van der Waals surface area (Å²) in [6.45, 7) is 8.86. The van der Waals surface area contributed by atoms with E-state index < -0.39 is 0 Å². The third-order valence-corrected chi connectivity index (χ3v) is 5.73. The zero-order chi connectivity index (χ0) is 20.1. The smallest absolute Gasteiger partial charge is 0.0703 e. The van der Waals surface area contributed by atoms with Gasteiger partial charge in [-0.15, -0.1) is 0 Å². The van der Waals surface area contributed by atoms with Crippen LogP contribution < -0.4 is 0 Å². The van der Waals surface area contributed by atoms with Gasteiger partial charge in [-0.3, -0.25) is 14.9 Å². The van der Waals surface area contributed by atoms with Gasteiger partial charge >= 0.3 is 0 Å². The Kier molecular flexibility index (Phi) is 6.37. The molecule has 3 aromatic rings. The Bertz CT molecular complexity index is 901. The van der Waals surface area contributed by atoms with Crippen molar-refractivity contribution in [1.82, 2.24) is 19.4 Å². The lowest BCUT2D eigenvalue weighted by Gasteiger charge is -2.25. The Hall–Kier alpha value is -2.50. The van der Waals surface area contributed by atoms with Crippen molar-refractivity contribution in [2.75, 3.05) is 13.2 Å². The predicted octanol–water partition coefficient (Wildman–Crippen LogP) is 4.12. The maximum Gasteiger partial charge on any atom is 0.0703 e. The van der Waals surface area contributed by atoms with Crippen LogP contribution in [0.5, 0.6) is 0 Å². The molecule has 1 aliphatic rings. The van der Waals surface area contributed by atoms with Crippen LogP contribution in [0.25, 0.3) is 0 Å². The summed E-state index contributed by atoms with van der Waals surface area (Å²) in [5.41, 5.74) is 6.32. The fourth-order valence-corrected chi connectivity index (χ4v) is 4.17. The molecule has 0 unspecified atom stereocenters. The molecule has 0 aromatic carbocycles. The molecular weight excluding hydrogens is 360 g/mol. The predicted molar refractivity (Wildman–Crippen MR) is 115 cm³/mol. The average Bonchev–Trinajstić information content (AvgIpc) is 3.33. The standard InChI is InChI=1S/C24H30N4O/c1-19-13-22(20(2)28(19)15-21-7-5-10-25-14-21)16-27(18-24-9-6-12-29-24)17-23-8-3-4-11-26-23/h3-5,7-8,10-11,13-14,24H,6,9,12,15-18H2,1-2H3/t24-/m0/s1. The summed E-state index contributed by atoms with van der Waals surface area (Å²) in [5.74, 6) is 0. The highest BCUT2D eigenvalue weighted by molar-refractivity contribution is 5.28. The zero-order valence-corrected chi connectivity index (χ0v) is 17.4. The Labute approximate surface area is 173 Å². The van der Waals surface area contributed by atoms with Gasteiger partial charge in [0.2, 0.25) is 0 Å². The van der Waals surface area contributed by atoms with Crippen LogP contribution >= 0.6 is 0 Å². The minimum absolute atomic E-state index is 0.331. The SMILES string of the molecule is Cc1cc(CN(Cc2ccccn2)C[C@@H]2CCCO2)c(C)n1Cc1cccnc1. The maximum atomic E-state index is 5.92. The van der Waals surface area contributed by atoms with Crippen LogP contribution in [0.15, 0.2) is 55.0 Å². The fourth-order valence-electron chi connectivity index (χ4n) is 4.17. The fraction of sp³-hybridized carbons (Fsp3) is 0.417. The number of aryl methyl sites for hydroxylation is 1. The van der Waals surface area contributed by atoms with E-state index in [-0.39, 0.29) is 0 Å². The molecule has 0 N–H and O–H groups in total. The first-order chi connectivity index (χ1) is 14.2. The highest BCUT2D eigenvalue weighted by atomic mass is 16.5. The first-order valence-electron chi connectivity index (χ1n) is 10.5. The lowest BCUT2D eigenvalue weighted by Crippen LogP contribution is -2.32. The molecule has 4 heterocycles. The van der Waals surface area contributed by atoms with E-state index in [4.69, 9.17) is 4.74 Å². The summed E-state index contributed by atoms with van der Waals surface area (Å²) in [6, 6.07) is 12.6. The van der Waals surface area contributed by atoms with E-state index in [1.165, 1.54) is 28.9 Å². The summed E-state index contributed by atoms with van der Waals surface area (Å²) in [6.07, 6.45) is 8.30. The topological polar surface area (TPSA) is 43.2 Å². The van der Waals surface area contributed by atoms with Crippen molar-refractivity contribution in [3.05, 3.63) is 83.2 Å². The minimum atomic E-state index is 0.331. The van der Waals surface area contributed by atoms with Crippen molar-refractivity contribution in [2.45, 2.75) is 52.4 Å². The Morgan fingerprint density at radius 2 is 2.07 bits per heavy atom. The molecule has 1 aliphatic heterocycles. The molecule has 0 saturated carbocycles. The number of ether oxygens (including phenoxy) is 1. The lowest BCUT2D eigenvalue weighted by molar-refractivity contribution is 0.0674. The number of hydrogen-bond acceptors (Lipinski definition) is 4. The summed E-state index contributed by atoms with van der Waals surface area (Å²) in [4.78, 5) is 11.3. The molecule has 4 rings (SSSR count). The van der Waals surface area contributed by atoms with Gasteiger partial charge in [-0.25, -0.2) is 0 Å². The van der Waals surface area contributed by atoms with Crippen LogP contribution in [0.3, 0.4) is 0 Å². The molecule has 0 amide bonds. The summed E-state index contributed by atoms with van der Waals surface area (Å²) >= 11 is 0. The third-order valence-electron chi connectivity index (χ3n) is 5.73. The molecule has 1 atom stereocenters. The molecule has 1 saturated heterocycles. The van der Waals surface area contributed by atoms with Gasteiger partial charge in [-0.2, -0.15) is 0 Å². The molecule has 29 heavy (non-hydrogen) atoms. The van der Waals surface area contributed by atoms with E-state index in [1.807, 2.05) is 30.7 Å². The third kappa shape index (κ3) is 5.11.